The van der Waals surface area contributed by atoms with Gasteiger partial charge in [0, 0.05) is 68.3 Å². The Morgan fingerprint density at radius 2 is 1.58 bits per heavy atom. The van der Waals surface area contributed by atoms with Gasteiger partial charge in [-0.3, -0.25) is 9.59 Å². The maximum atomic E-state index is 13.4. The van der Waals surface area contributed by atoms with Gasteiger partial charge in [0.1, 0.15) is 0 Å². The normalized spacial score (nSPS) is 49.2. The zero-order valence-corrected chi connectivity index (χ0v) is 38.7. The zero-order valence-electron chi connectivity index (χ0n) is 38.7. The van der Waals surface area contributed by atoms with Crippen LogP contribution in [0.1, 0.15) is 141 Å². The van der Waals surface area contributed by atoms with E-state index >= 15 is 0 Å². The number of methoxy groups -OCH3 is 1. The van der Waals surface area contributed by atoms with E-state index in [9.17, 15) is 24.9 Å². The number of aliphatic hydroxyl groups excluding tert-OH is 1. The number of aliphatic carboxylic acids is 1. The number of hydrogen-bond donors (Lipinski definition) is 3. The zero-order chi connectivity index (χ0) is 44.3. The number of rotatable bonds is 12. The minimum Gasteiger partial charge on any atom is -0.481 e. The summed E-state index contributed by atoms with van der Waals surface area (Å²) in [4.78, 5) is 24.8. The number of Topliss-reactive ketones (excluding diaryl/α,β-unsaturated/α-hetero) is 1. The van der Waals surface area contributed by atoms with Crippen LogP contribution >= 0.6 is 0 Å². The fraction of sp³-hybridized carbons (Fsp3) is 0.915. The Morgan fingerprint density at radius 1 is 0.883 bits per heavy atom. The number of aliphatic hydroxyl groups is 2. The lowest BCUT2D eigenvalue weighted by Crippen LogP contribution is -2.63. The summed E-state index contributed by atoms with van der Waals surface area (Å²) >= 11 is 0. The van der Waals surface area contributed by atoms with Crippen LogP contribution in [-0.2, 0) is 47.5 Å². The molecule has 3 N–H and O–H groups in total. The lowest BCUT2D eigenvalue weighted by Gasteiger charge is -2.54. The maximum absolute atomic E-state index is 13.4. The van der Waals surface area contributed by atoms with E-state index in [1.54, 1.807) is 34.8 Å². The highest BCUT2D eigenvalue weighted by atomic mass is 16.8. The second-order valence-corrected chi connectivity index (χ2v) is 20.7. The van der Waals surface area contributed by atoms with Crippen LogP contribution in [-0.4, -0.2) is 112 Å². The monoisotopic (exact) mass is 851 g/mol. The number of allylic oxidation sites excluding steroid dienone is 1. The summed E-state index contributed by atoms with van der Waals surface area (Å²) in [7, 11) is 1.72. The van der Waals surface area contributed by atoms with Gasteiger partial charge in [0.15, 0.2) is 29.4 Å². The van der Waals surface area contributed by atoms with E-state index in [1.807, 2.05) is 33.8 Å². The summed E-state index contributed by atoms with van der Waals surface area (Å²) in [6, 6.07) is 0. The third kappa shape index (κ3) is 9.47. The molecule has 0 saturated carbocycles. The maximum Gasteiger partial charge on any atom is 0.306 e. The lowest BCUT2D eigenvalue weighted by atomic mass is 9.76. The molecule has 0 unspecified atom stereocenters. The van der Waals surface area contributed by atoms with Gasteiger partial charge in [-0.05, 0) is 71.3 Å². The first kappa shape index (κ1) is 47.9. The minimum atomic E-state index is -1.26. The molecule has 13 heteroatoms. The van der Waals surface area contributed by atoms with Crippen molar-refractivity contribution in [3.05, 3.63) is 11.6 Å². The van der Waals surface area contributed by atoms with Gasteiger partial charge in [0.2, 0.25) is 0 Å². The molecule has 0 aromatic rings. The van der Waals surface area contributed by atoms with Gasteiger partial charge in [-0.25, -0.2) is 0 Å². The molecule has 6 aliphatic heterocycles. The Hall–Kier alpha value is -1.52. The number of hydrogen-bond acceptors (Lipinski definition) is 12. The number of carbonyl (C=O) groups is 2. The molecule has 13 nitrogen and oxygen atoms in total. The largest absolute Gasteiger partial charge is 0.481 e. The third-order valence-corrected chi connectivity index (χ3v) is 15.8. The van der Waals surface area contributed by atoms with Crippen LogP contribution in [0.5, 0.6) is 0 Å². The molecule has 6 fully saturated rings. The van der Waals surface area contributed by atoms with Crippen molar-refractivity contribution in [2.45, 2.75) is 219 Å². The fourth-order valence-corrected chi connectivity index (χ4v) is 11.6. The van der Waals surface area contributed by atoms with Crippen LogP contribution in [0.25, 0.3) is 0 Å². The standard InChI is InChI=1S/C47H78O13/c1-24(40(49)25(2)19-28(5)43(50)51)18-26(3)41-31(8)34(48)23-46(59-41)17-16-44(11,60-46)38-22-36(55-39-15-14-35(53-13)33(10)54-39)32(9)47(57-38)30(7)21-37(56-47)42-27(4)20-29(6)45(12,52)58-42/h18,25-39,41-42,48,52H,14-17,19-23H2,1-13H3,(H,50,51)/b24-18+/t25-,26+,27-,28+,29-,30-,31-,32-,33+,34+,35+,36+,37+,38+,39-,41-,42-,44-,45-,46+,47+/m1/s1. The Labute approximate surface area is 358 Å². The highest BCUT2D eigenvalue weighted by Crippen LogP contribution is 2.56. The minimum absolute atomic E-state index is 0.00518. The average molecular weight is 851 g/mol. The van der Waals surface area contributed by atoms with Gasteiger partial charge >= 0.3 is 5.97 Å². The van der Waals surface area contributed by atoms with E-state index in [2.05, 4.69) is 27.7 Å². The molecule has 0 aromatic carbocycles. The molecule has 0 aliphatic carbocycles. The molecule has 6 saturated heterocycles. The summed E-state index contributed by atoms with van der Waals surface area (Å²) in [5.41, 5.74) is -0.280. The van der Waals surface area contributed by atoms with Gasteiger partial charge in [0.25, 0.3) is 0 Å². The van der Waals surface area contributed by atoms with Crippen LogP contribution in [0.15, 0.2) is 11.6 Å². The highest BCUT2D eigenvalue weighted by Gasteiger charge is 2.65. The van der Waals surface area contributed by atoms with Gasteiger partial charge in [-0.15, -0.1) is 0 Å². The molecule has 21 atom stereocenters. The SMILES string of the molecule is CO[C@H]1CC[C@@H](O[C@H]2C[C@@H]([C@@]3(C)CC[C@@]4(C[C@H](O)[C@@H](C)[C@@H]([C@@H](C)/C=C(\C)C(=O)[C@H](C)C[C@H](C)C(=O)O)O4)O3)O[C@]3(O[C@H]([C@@H]4O[C@@](C)(O)[C@H](C)C[C@H]4C)C[C@H]3C)[C@@H]2C)O[C@H]1C. The van der Waals surface area contributed by atoms with Crippen molar-refractivity contribution in [3.8, 4) is 0 Å². The first-order chi connectivity index (χ1) is 27.9. The first-order valence-electron chi connectivity index (χ1n) is 23.1. The molecule has 0 amide bonds. The van der Waals surface area contributed by atoms with E-state index in [4.69, 9.17) is 37.9 Å². The van der Waals surface area contributed by atoms with Crippen molar-refractivity contribution < 1.29 is 62.8 Å². The van der Waals surface area contributed by atoms with Crippen molar-refractivity contribution in [1.82, 2.24) is 0 Å². The molecule has 6 rings (SSSR count). The molecule has 0 aromatic heterocycles. The molecular formula is C47H78O13. The first-order valence-corrected chi connectivity index (χ1v) is 23.1. The molecule has 0 radical (unpaired) electrons. The molecule has 6 heterocycles. The molecule has 60 heavy (non-hydrogen) atoms. The Bertz CT molecular complexity index is 1550. The van der Waals surface area contributed by atoms with Gasteiger partial charge in [0.05, 0.1) is 60.4 Å². The molecular weight excluding hydrogens is 773 g/mol. The molecule has 2 spiro atoms. The van der Waals surface area contributed by atoms with Gasteiger partial charge in [-0.2, -0.15) is 0 Å². The van der Waals surface area contributed by atoms with Crippen LogP contribution < -0.4 is 0 Å². The Balaban J connectivity index is 1.24. The van der Waals surface area contributed by atoms with E-state index in [-0.39, 0.29) is 78.2 Å². The predicted molar refractivity (Wildman–Crippen MR) is 222 cm³/mol. The number of carbonyl (C=O) groups excluding carboxylic acids is 1. The smallest absolute Gasteiger partial charge is 0.306 e. The lowest BCUT2D eigenvalue weighted by molar-refractivity contribution is -0.389. The predicted octanol–water partition coefficient (Wildman–Crippen LogP) is 7.18. The number of carboxylic acids is 1. The van der Waals surface area contributed by atoms with Gasteiger partial charge in [-0.1, -0.05) is 61.5 Å². The molecule has 6 aliphatic rings. The van der Waals surface area contributed by atoms with Crippen LogP contribution in [0.4, 0.5) is 0 Å². The molecule has 0 bridgehead atoms. The summed E-state index contributed by atoms with van der Waals surface area (Å²) < 4.78 is 54.1. The second kappa shape index (κ2) is 18.2. The van der Waals surface area contributed by atoms with Crippen LogP contribution in [0.3, 0.4) is 0 Å². The Kier molecular flexibility index (Phi) is 14.5. The Morgan fingerprint density at radius 3 is 2.23 bits per heavy atom. The van der Waals surface area contributed by atoms with E-state index < -0.39 is 65.4 Å². The van der Waals surface area contributed by atoms with Crippen molar-refractivity contribution in [2.24, 2.45) is 47.3 Å². The summed E-state index contributed by atoms with van der Waals surface area (Å²) in [5.74, 6) is -5.99. The number of carboxylic acid groups (broad SMARTS) is 1. The highest BCUT2D eigenvalue weighted by molar-refractivity contribution is 5.96. The topological polar surface area (TPSA) is 169 Å². The fourth-order valence-electron chi connectivity index (χ4n) is 11.6. The average Bonchev–Trinajstić information content (AvgIpc) is 3.68. The van der Waals surface area contributed by atoms with Gasteiger partial charge < -0.3 is 53.2 Å². The van der Waals surface area contributed by atoms with Crippen molar-refractivity contribution in [3.63, 3.8) is 0 Å². The second-order valence-electron chi connectivity index (χ2n) is 20.7. The quantitative estimate of drug-likeness (QED) is 0.169. The van der Waals surface area contributed by atoms with Crippen LogP contribution in [0, 0.1) is 47.3 Å². The van der Waals surface area contributed by atoms with E-state index in [1.165, 1.54) is 0 Å². The summed E-state index contributed by atoms with van der Waals surface area (Å²) in [6.45, 7) is 23.5. The third-order valence-electron chi connectivity index (χ3n) is 15.8. The van der Waals surface area contributed by atoms with E-state index in [0.29, 0.717) is 44.1 Å². The van der Waals surface area contributed by atoms with Crippen molar-refractivity contribution in [1.29, 1.82) is 0 Å². The van der Waals surface area contributed by atoms with Crippen molar-refractivity contribution >= 4 is 11.8 Å². The number of ketones is 1. The van der Waals surface area contributed by atoms with Crippen LogP contribution in [0.2, 0.25) is 0 Å². The molecule has 344 valence electrons. The summed E-state index contributed by atoms with van der Waals surface area (Å²) in [6.07, 6.45) is 4.09. The summed E-state index contributed by atoms with van der Waals surface area (Å²) in [5, 5.41) is 32.2. The van der Waals surface area contributed by atoms with E-state index in [0.717, 1.165) is 12.8 Å². The van der Waals surface area contributed by atoms with Crippen molar-refractivity contribution in [2.75, 3.05) is 7.11 Å². The number of ether oxygens (including phenoxy) is 8.